The first kappa shape index (κ1) is 12.7. The smallest absolute Gasteiger partial charge is 0.274 e. The van der Waals surface area contributed by atoms with Crippen LogP contribution in [0.3, 0.4) is 0 Å². The topological polar surface area (TPSA) is 59.2 Å². The van der Waals surface area contributed by atoms with Crippen LogP contribution in [0.2, 0.25) is 0 Å². The average molecular weight is 255 g/mol. The molecule has 0 spiro atoms. The van der Waals surface area contributed by atoms with Gasteiger partial charge in [0.25, 0.3) is 11.8 Å². The second-order valence-electron chi connectivity index (χ2n) is 4.60. The lowest BCUT2D eigenvalue weighted by molar-refractivity contribution is -0.0665. The zero-order valence-electron chi connectivity index (χ0n) is 10.1. The van der Waals surface area contributed by atoms with Gasteiger partial charge in [0.2, 0.25) is 0 Å². The van der Waals surface area contributed by atoms with Crippen molar-refractivity contribution in [1.82, 2.24) is 9.88 Å². The van der Waals surface area contributed by atoms with E-state index in [1.807, 2.05) is 0 Å². The van der Waals surface area contributed by atoms with Gasteiger partial charge >= 0.3 is 0 Å². The zero-order valence-corrected chi connectivity index (χ0v) is 10.1. The van der Waals surface area contributed by atoms with Gasteiger partial charge in [0.05, 0.1) is 5.69 Å². The molecule has 0 saturated carbocycles. The standard InChI is InChI=1S/C12H15F2N3O/c1-8-7-12(13,14)4-6-17(8)11(18)10-9(15)3-2-5-16-10/h2-3,5,8H,4,6-7,15H2,1H3. The number of likely N-dealkylation sites (tertiary alicyclic amines) is 1. The highest BCUT2D eigenvalue weighted by Crippen LogP contribution is 2.32. The Morgan fingerprint density at radius 2 is 2.33 bits per heavy atom. The van der Waals surface area contributed by atoms with Crippen LogP contribution in [0.25, 0.3) is 0 Å². The zero-order chi connectivity index (χ0) is 13.3. The molecule has 1 aliphatic rings. The molecule has 0 radical (unpaired) electrons. The highest BCUT2D eigenvalue weighted by molar-refractivity contribution is 5.97. The highest BCUT2D eigenvalue weighted by Gasteiger charge is 2.40. The van der Waals surface area contributed by atoms with Crippen molar-refractivity contribution in [1.29, 1.82) is 0 Å². The van der Waals surface area contributed by atoms with E-state index < -0.39 is 12.0 Å². The van der Waals surface area contributed by atoms with Gasteiger partial charge < -0.3 is 10.6 Å². The number of aromatic nitrogens is 1. The molecular weight excluding hydrogens is 240 g/mol. The van der Waals surface area contributed by atoms with Crippen molar-refractivity contribution >= 4 is 11.6 Å². The van der Waals surface area contributed by atoms with E-state index in [2.05, 4.69) is 4.98 Å². The van der Waals surface area contributed by atoms with E-state index in [4.69, 9.17) is 5.73 Å². The first-order valence-electron chi connectivity index (χ1n) is 5.80. The molecule has 1 amide bonds. The van der Waals surface area contributed by atoms with Crippen LogP contribution in [0.5, 0.6) is 0 Å². The van der Waals surface area contributed by atoms with Crippen molar-refractivity contribution < 1.29 is 13.6 Å². The molecule has 0 aliphatic carbocycles. The minimum absolute atomic E-state index is 0.0308. The number of nitrogen functional groups attached to an aromatic ring is 1. The molecule has 1 unspecified atom stereocenters. The molecule has 1 aromatic heterocycles. The Morgan fingerprint density at radius 1 is 1.61 bits per heavy atom. The second-order valence-corrected chi connectivity index (χ2v) is 4.60. The van der Waals surface area contributed by atoms with Crippen LogP contribution in [0.15, 0.2) is 18.3 Å². The van der Waals surface area contributed by atoms with E-state index >= 15 is 0 Å². The van der Waals surface area contributed by atoms with E-state index in [9.17, 15) is 13.6 Å². The van der Waals surface area contributed by atoms with Crippen molar-refractivity contribution in [3.8, 4) is 0 Å². The number of halogens is 2. The summed E-state index contributed by atoms with van der Waals surface area (Å²) in [5.74, 6) is -3.07. The number of rotatable bonds is 1. The number of carbonyl (C=O) groups is 1. The fourth-order valence-corrected chi connectivity index (χ4v) is 2.18. The van der Waals surface area contributed by atoms with Gasteiger partial charge in [0.15, 0.2) is 5.69 Å². The number of nitrogens with zero attached hydrogens (tertiary/aromatic N) is 2. The van der Waals surface area contributed by atoms with Crippen LogP contribution in [0, 0.1) is 0 Å². The molecule has 1 atom stereocenters. The predicted octanol–water partition coefficient (Wildman–Crippen LogP) is 1.92. The van der Waals surface area contributed by atoms with Crippen LogP contribution in [-0.4, -0.2) is 34.3 Å². The number of anilines is 1. The predicted molar refractivity (Wildman–Crippen MR) is 63.3 cm³/mol. The second kappa shape index (κ2) is 4.51. The van der Waals surface area contributed by atoms with Crippen molar-refractivity contribution in [2.45, 2.75) is 31.7 Å². The fraction of sp³-hybridized carbons (Fsp3) is 0.500. The Bertz CT molecular complexity index is 464. The monoisotopic (exact) mass is 255 g/mol. The lowest BCUT2D eigenvalue weighted by Crippen LogP contribution is -2.48. The SMILES string of the molecule is CC1CC(F)(F)CCN1C(=O)c1ncccc1N. The molecule has 0 bridgehead atoms. The molecule has 1 aliphatic heterocycles. The summed E-state index contributed by atoms with van der Waals surface area (Å²) in [5.41, 5.74) is 6.07. The fourth-order valence-electron chi connectivity index (χ4n) is 2.18. The van der Waals surface area contributed by atoms with Gasteiger partial charge in [-0.15, -0.1) is 0 Å². The maximum atomic E-state index is 13.2. The van der Waals surface area contributed by atoms with Gasteiger partial charge in [0, 0.05) is 31.6 Å². The molecule has 4 nitrogen and oxygen atoms in total. The van der Waals surface area contributed by atoms with E-state index in [-0.39, 0.29) is 36.7 Å². The summed E-state index contributed by atoms with van der Waals surface area (Å²) >= 11 is 0. The minimum atomic E-state index is -2.69. The number of carbonyl (C=O) groups excluding carboxylic acids is 1. The van der Waals surface area contributed by atoms with Gasteiger partial charge in [-0.25, -0.2) is 13.8 Å². The quantitative estimate of drug-likeness (QED) is 0.834. The maximum absolute atomic E-state index is 13.2. The Kier molecular flexibility index (Phi) is 3.19. The van der Waals surface area contributed by atoms with Crippen LogP contribution >= 0.6 is 0 Å². The Hall–Kier alpha value is -1.72. The number of piperidine rings is 1. The number of hydrogen-bond acceptors (Lipinski definition) is 3. The molecule has 2 N–H and O–H groups in total. The molecular formula is C12H15F2N3O. The van der Waals surface area contributed by atoms with E-state index in [0.717, 1.165) is 0 Å². The Balaban J connectivity index is 2.18. The van der Waals surface area contributed by atoms with Crippen molar-refractivity contribution in [2.24, 2.45) is 0 Å². The highest BCUT2D eigenvalue weighted by atomic mass is 19.3. The Labute approximate surface area is 104 Å². The molecule has 6 heteroatoms. The van der Waals surface area contributed by atoms with Crippen LogP contribution in [0.4, 0.5) is 14.5 Å². The summed E-state index contributed by atoms with van der Waals surface area (Å²) in [5, 5.41) is 0. The van der Waals surface area contributed by atoms with E-state index in [0.29, 0.717) is 0 Å². The number of amides is 1. The van der Waals surface area contributed by atoms with Crippen molar-refractivity contribution in [3.05, 3.63) is 24.0 Å². The van der Waals surface area contributed by atoms with Crippen LogP contribution in [0.1, 0.15) is 30.3 Å². The van der Waals surface area contributed by atoms with E-state index in [1.165, 1.54) is 11.1 Å². The van der Waals surface area contributed by atoms with Gasteiger partial charge in [-0.3, -0.25) is 4.79 Å². The summed E-state index contributed by atoms with van der Waals surface area (Å²) in [4.78, 5) is 17.5. The largest absolute Gasteiger partial charge is 0.397 e. The molecule has 2 rings (SSSR count). The number of alkyl halides is 2. The van der Waals surface area contributed by atoms with Crippen LogP contribution in [-0.2, 0) is 0 Å². The summed E-state index contributed by atoms with van der Waals surface area (Å²) in [6, 6.07) is 2.69. The van der Waals surface area contributed by atoms with Crippen molar-refractivity contribution in [2.75, 3.05) is 12.3 Å². The lowest BCUT2D eigenvalue weighted by Gasteiger charge is -2.37. The third kappa shape index (κ3) is 2.42. The number of pyridine rings is 1. The summed E-state index contributed by atoms with van der Waals surface area (Å²) in [7, 11) is 0. The first-order valence-corrected chi connectivity index (χ1v) is 5.80. The van der Waals surface area contributed by atoms with Crippen LogP contribution < -0.4 is 5.73 Å². The van der Waals surface area contributed by atoms with Gasteiger partial charge in [-0.05, 0) is 19.1 Å². The number of hydrogen-bond donors (Lipinski definition) is 1. The molecule has 1 saturated heterocycles. The van der Waals surface area contributed by atoms with Gasteiger partial charge in [0.1, 0.15) is 0 Å². The number of nitrogens with two attached hydrogens (primary N) is 1. The normalized spacial score (nSPS) is 22.8. The summed E-state index contributed by atoms with van der Waals surface area (Å²) in [6.07, 6.45) is 0.841. The van der Waals surface area contributed by atoms with Gasteiger partial charge in [-0.1, -0.05) is 0 Å². The third-order valence-corrected chi connectivity index (χ3v) is 3.15. The summed E-state index contributed by atoms with van der Waals surface area (Å²) in [6.45, 7) is 1.65. The molecule has 1 fully saturated rings. The van der Waals surface area contributed by atoms with Crippen molar-refractivity contribution in [3.63, 3.8) is 0 Å². The molecule has 98 valence electrons. The minimum Gasteiger partial charge on any atom is -0.397 e. The first-order chi connectivity index (χ1) is 8.41. The van der Waals surface area contributed by atoms with Gasteiger partial charge in [-0.2, -0.15) is 0 Å². The maximum Gasteiger partial charge on any atom is 0.274 e. The lowest BCUT2D eigenvalue weighted by atomic mass is 9.99. The Morgan fingerprint density at radius 3 is 2.94 bits per heavy atom. The molecule has 18 heavy (non-hydrogen) atoms. The molecule has 2 heterocycles. The summed E-state index contributed by atoms with van der Waals surface area (Å²) < 4.78 is 26.4. The molecule has 0 aromatic carbocycles. The average Bonchev–Trinajstić information content (AvgIpc) is 2.27. The van der Waals surface area contributed by atoms with E-state index in [1.54, 1.807) is 19.1 Å². The molecule has 1 aromatic rings. The third-order valence-electron chi connectivity index (χ3n) is 3.15.